The fourth-order valence-electron chi connectivity index (χ4n) is 6.20. The first-order valence-corrected chi connectivity index (χ1v) is 23.2. The molecular weight excluding hydrogens is 719 g/mol. The standard InChI is InChI=1S/C48H87NO8/c1-6-8-10-12-14-16-18-20-22-23-24-25-27-28-30-32-34-36-38-45(50)55-42-44(43-56-48(47(52)53)54-41-40-49(3,4)5)57-46(51)39-37-35-33-31-29-26-21-19-17-15-13-11-9-7-2/h13,15,19,21-23,44,48H,6-12,14,16-18,20,24-43H2,1-5H3/p+1/b15-13-,21-19-,23-22-. The molecule has 0 fully saturated rings. The van der Waals surface area contributed by atoms with Crippen LogP contribution in [0, 0.1) is 0 Å². The molecule has 0 saturated heterocycles. The number of unbranched alkanes of at least 4 members (excludes halogenated alkanes) is 21. The third-order valence-electron chi connectivity index (χ3n) is 9.87. The molecule has 0 aromatic carbocycles. The number of carbonyl (C=O) groups excluding carboxylic acids is 2. The second-order valence-corrected chi connectivity index (χ2v) is 16.7. The quantitative estimate of drug-likeness (QED) is 0.0214. The van der Waals surface area contributed by atoms with Crippen molar-refractivity contribution in [3.63, 3.8) is 0 Å². The summed E-state index contributed by atoms with van der Waals surface area (Å²) in [5.74, 6) is -2.03. The molecule has 0 radical (unpaired) electrons. The minimum absolute atomic E-state index is 0.184. The molecule has 2 unspecified atom stereocenters. The summed E-state index contributed by atoms with van der Waals surface area (Å²) in [5, 5.41) is 9.63. The highest BCUT2D eigenvalue weighted by molar-refractivity contribution is 5.71. The largest absolute Gasteiger partial charge is 0.477 e. The van der Waals surface area contributed by atoms with E-state index in [2.05, 4.69) is 50.3 Å². The molecule has 332 valence electrons. The van der Waals surface area contributed by atoms with E-state index in [-0.39, 0.29) is 32.2 Å². The van der Waals surface area contributed by atoms with Gasteiger partial charge in [-0.3, -0.25) is 9.59 Å². The maximum Gasteiger partial charge on any atom is 0.361 e. The van der Waals surface area contributed by atoms with Gasteiger partial charge in [-0.25, -0.2) is 4.79 Å². The topological polar surface area (TPSA) is 108 Å². The van der Waals surface area contributed by atoms with Crippen LogP contribution in [0.4, 0.5) is 0 Å². The Bertz CT molecular complexity index is 1030. The molecule has 0 spiro atoms. The van der Waals surface area contributed by atoms with E-state index in [4.69, 9.17) is 18.9 Å². The van der Waals surface area contributed by atoms with E-state index in [1.807, 2.05) is 21.1 Å². The van der Waals surface area contributed by atoms with Crippen molar-refractivity contribution in [2.45, 2.75) is 206 Å². The number of hydrogen-bond donors (Lipinski definition) is 1. The molecule has 0 heterocycles. The molecule has 0 rings (SSSR count). The van der Waals surface area contributed by atoms with Gasteiger partial charge in [0.05, 0.1) is 34.4 Å². The summed E-state index contributed by atoms with van der Waals surface area (Å²) in [7, 11) is 5.95. The van der Waals surface area contributed by atoms with Crippen LogP contribution in [0.2, 0.25) is 0 Å². The van der Waals surface area contributed by atoms with Gasteiger partial charge in [0.25, 0.3) is 6.29 Å². The van der Waals surface area contributed by atoms with E-state index in [0.717, 1.165) is 64.2 Å². The van der Waals surface area contributed by atoms with Crippen LogP contribution in [0.5, 0.6) is 0 Å². The lowest BCUT2D eigenvalue weighted by Gasteiger charge is -2.25. The Morgan fingerprint density at radius 2 is 0.965 bits per heavy atom. The Balaban J connectivity index is 4.42. The molecule has 0 aliphatic rings. The van der Waals surface area contributed by atoms with Gasteiger partial charge in [0.2, 0.25) is 0 Å². The lowest BCUT2D eigenvalue weighted by atomic mass is 10.1. The number of carboxylic acids is 1. The van der Waals surface area contributed by atoms with E-state index in [1.165, 1.54) is 96.3 Å². The number of quaternary nitrogens is 1. The number of esters is 2. The Hall–Kier alpha value is -2.49. The van der Waals surface area contributed by atoms with Gasteiger partial charge in [0.15, 0.2) is 6.10 Å². The van der Waals surface area contributed by atoms with Crippen molar-refractivity contribution in [3.05, 3.63) is 36.5 Å². The van der Waals surface area contributed by atoms with E-state index in [9.17, 15) is 19.5 Å². The van der Waals surface area contributed by atoms with Gasteiger partial charge in [-0.1, -0.05) is 153 Å². The van der Waals surface area contributed by atoms with Crippen molar-refractivity contribution in [2.24, 2.45) is 0 Å². The Morgan fingerprint density at radius 3 is 1.46 bits per heavy atom. The van der Waals surface area contributed by atoms with Crippen LogP contribution >= 0.6 is 0 Å². The number of nitrogens with zero attached hydrogens (tertiary/aromatic N) is 1. The second-order valence-electron chi connectivity index (χ2n) is 16.7. The van der Waals surface area contributed by atoms with Crippen molar-refractivity contribution in [3.8, 4) is 0 Å². The molecule has 1 N–H and O–H groups in total. The highest BCUT2D eigenvalue weighted by Gasteiger charge is 2.25. The van der Waals surface area contributed by atoms with Crippen molar-refractivity contribution in [1.29, 1.82) is 0 Å². The van der Waals surface area contributed by atoms with Crippen molar-refractivity contribution in [1.82, 2.24) is 0 Å². The van der Waals surface area contributed by atoms with E-state index >= 15 is 0 Å². The normalized spacial score (nSPS) is 13.2. The van der Waals surface area contributed by atoms with Gasteiger partial charge in [-0.15, -0.1) is 0 Å². The fraction of sp³-hybridized carbons (Fsp3) is 0.812. The Morgan fingerprint density at radius 1 is 0.526 bits per heavy atom. The number of rotatable bonds is 42. The van der Waals surface area contributed by atoms with Crippen molar-refractivity contribution < 1.29 is 42.9 Å². The summed E-state index contributed by atoms with van der Waals surface area (Å²) in [6.45, 7) is 4.81. The number of carbonyl (C=O) groups is 3. The molecule has 9 nitrogen and oxygen atoms in total. The van der Waals surface area contributed by atoms with Crippen LogP contribution in [-0.4, -0.2) is 87.4 Å². The van der Waals surface area contributed by atoms with Crippen LogP contribution in [0.3, 0.4) is 0 Å². The maximum absolute atomic E-state index is 12.7. The van der Waals surface area contributed by atoms with Crippen molar-refractivity contribution in [2.75, 3.05) is 47.5 Å². The molecule has 0 aromatic rings. The zero-order chi connectivity index (χ0) is 42.1. The zero-order valence-corrected chi connectivity index (χ0v) is 37.5. The molecule has 0 amide bonds. The molecule has 2 atom stereocenters. The molecule has 0 saturated carbocycles. The molecule has 0 bridgehead atoms. The molecule has 0 aliphatic heterocycles. The molecule has 0 aliphatic carbocycles. The van der Waals surface area contributed by atoms with Crippen LogP contribution in [-0.2, 0) is 33.3 Å². The first-order valence-electron chi connectivity index (χ1n) is 23.2. The summed E-state index contributed by atoms with van der Waals surface area (Å²) in [6, 6.07) is 0. The van der Waals surface area contributed by atoms with Gasteiger partial charge in [-0.05, 0) is 64.2 Å². The summed E-state index contributed by atoms with van der Waals surface area (Å²) in [6.07, 6.45) is 42.0. The minimum Gasteiger partial charge on any atom is -0.477 e. The van der Waals surface area contributed by atoms with Gasteiger partial charge in [-0.2, -0.15) is 0 Å². The lowest BCUT2D eigenvalue weighted by molar-refractivity contribution is -0.870. The predicted molar refractivity (Wildman–Crippen MR) is 235 cm³/mol. The lowest BCUT2D eigenvalue weighted by Crippen LogP contribution is -2.40. The third-order valence-corrected chi connectivity index (χ3v) is 9.87. The number of ether oxygens (including phenoxy) is 4. The number of carboxylic acid groups (broad SMARTS) is 1. The van der Waals surface area contributed by atoms with Crippen LogP contribution in [0.25, 0.3) is 0 Å². The summed E-state index contributed by atoms with van der Waals surface area (Å²) in [4.78, 5) is 37.1. The monoisotopic (exact) mass is 807 g/mol. The highest BCUT2D eigenvalue weighted by Crippen LogP contribution is 2.14. The fourth-order valence-corrected chi connectivity index (χ4v) is 6.20. The van der Waals surface area contributed by atoms with Crippen LogP contribution < -0.4 is 0 Å². The Kier molecular flexibility index (Phi) is 38.5. The van der Waals surface area contributed by atoms with Gasteiger partial charge >= 0.3 is 17.9 Å². The van der Waals surface area contributed by atoms with E-state index in [0.29, 0.717) is 23.9 Å². The number of hydrogen-bond acceptors (Lipinski definition) is 7. The van der Waals surface area contributed by atoms with Gasteiger partial charge in [0.1, 0.15) is 13.2 Å². The minimum atomic E-state index is -1.51. The summed E-state index contributed by atoms with van der Waals surface area (Å²) >= 11 is 0. The van der Waals surface area contributed by atoms with Crippen molar-refractivity contribution >= 4 is 17.9 Å². The predicted octanol–water partition coefficient (Wildman–Crippen LogP) is 12.2. The average molecular weight is 807 g/mol. The molecule has 0 aromatic heterocycles. The maximum atomic E-state index is 12.7. The van der Waals surface area contributed by atoms with Gasteiger partial charge < -0.3 is 28.5 Å². The Labute approximate surface area is 350 Å². The number of allylic oxidation sites excluding steroid dienone is 6. The second kappa shape index (κ2) is 40.3. The smallest absolute Gasteiger partial charge is 0.361 e. The molecule has 57 heavy (non-hydrogen) atoms. The zero-order valence-electron chi connectivity index (χ0n) is 37.5. The highest BCUT2D eigenvalue weighted by atomic mass is 16.7. The third kappa shape index (κ3) is 41.5. The summed E-state index contributed by atoms with van der Waals surface area (Å²) < 4.78 is 22.7. The summed E-state index contributed by atoms with van der Waals surface area (Å²) in [5.41, 5.74) is 0. The molecular formula is C48H88NO8+. The van der Waals surface area contributed by atoms with Crippen LogP contribution in [0.1, 0.15) is 194 Å². The number of aliphatic carboxylic acids is 1. The first kappa shape index (κ1) is 54.5. The van der Waals surface area contributed by atoms with Gasteiger partial charge in [0, 0.05) is 12.8 Å². The van der Waals surface area contributed by atoms with Crippen LogP contribution in [0.15, 0.2) is 36.5 Å². The molecule has 9 heteroatoms. The SMILES string of the molecule is CCCC/C=C\C/C=C\CCCCCCCC(=O)OC(COC(=O)CCCCCCCCC/C=C\CCCCCCCCC)COC(OCC[N+](C)(C)C)C(=O)O. The first-order chi connectivity index (χ1) is 27.6. The average Bonchev–Trinajstić information content (AvgIpc) is 3.17. The van der Waals surface area contributed by atoms with E-state index in [1.54, 1.807) is 0 Å². The number of likely N-dealkylation sites (N-methyl/N-ethyl adjacent to an activating group) is 1. The van der Waals surface area contributed by atoms with E-state index < -0.39 is 24.3 Å².